The predicted octanol–water partition coefficient (Wildman–Crippen LogP) is 3.89. The van der Waals surface area contributed by atoms with E-state index in [9.17, 15) is 14.9 Å². The first-order chi connectivity index (χ1) is 12.9. The van der Waals surface area contributed by atoms with E-state index in [4.69, 9.17) is 0 Å². The minimum atomic E-state index is -0.455. The Morgan fingerprint density at radius 2 is 1.85 bits per heavy atom. The van der Waals surface area contributed by atoms with Gasteiger partial charge >= 0.3 is 0 Å². The number of carbonyl (C=O) groups excluding carboxylic acids is 1. The van der Waals surface area contributed by atoms with E-state index in [1.807, 2.05) is 48.9 Å². The average Bonchev–Trinajstić information content (AvgIpc) is 2.92. The molecule has 27 heavy (non-hydrogen) atoms. The fourth-order valence-electron chi connectivity index (χ4n) is 3.00. The van der Waals surface area contributed by atoms with Crippen LogP contribution in [-0.4, -0.2) is 20.6 Å². The van der Waals surface area contributed by atoms with E-state index in [0.717, 1.165) is 22.6 Å². The van der Waals surface area contributed by atoms with Gasteiger partial charge in [0.05, 0.1) is 22.7 Å². The van der Waals surface area contributed by atoms with Gasteiger partial charge in [0.25, 0.3) is 5.69 Å². The van der Waals surface area contributed by atoms with Gasteiger partial charge in [0.15, 0.2) is 0 Å². The number of aromatic nitrogens is 2. The zero-order valence-corrected chi connectivity index (χ0v) is 15.4. The van der Waals surface area contributed by atoms with E-state index in [0.29, 0.717) is 11.3 Å². The molecule has 1 N–H and O–H groups in total. The number of nitro groups is 1. The summed E-state index contributed by atoms with van der Waals surface area (Å²) in [5.74, 6) is -0.244. The fourth-order valence-corrected chi connectivity index (χ4v) is 3.00. The lowest BCUT2D eigenvalue weighted by molar-refractivity contribution is -0.385. The third-order valence-electron chi connectivity index (χ3n) is 4.47. The zero-order valence-electron chi connectivity index (χ0n) is 15.4. The van der Waals surface area contributed by atoms with Gasteiger partial charge in [-0.15, -0.1) is 0 Å². The van der Waals surface area contributed by atoms with Crippen molar-refractivity contribution >= 4 is 17.3 Å². The summed E-state index contributed by atoms with van der Waals surface area (Å²) in [6, 6.07) is 14.4. The molecule has 0 radical (unpaired) electrons. The summed E-state index contributed by atoms with van der Waals surface area (Å²) in [6.07, 6.45) is 0.145. The quantitative estimate of drug-likeness (QED) is 0.549. The SMILES string of the molecule is Cc1ccc(NC(=O)Cc2c(C)nn(-c3ccccc3)c2C)cc1[N+](=O)[O-]. The Morgan fingerprint density at radius 3 is 2.52 bits per heavy atom. The van der Waals surface area contributed by atoms with E-state index >= 15 is 0 Å². The van der Waals surface area contributed by atoms with Crippen LogP contribution in [0.25, 0.3) is 5.69 Å². The van der Waals surface area contributed by atoms with E-state index in [2.05, 4.69) is 10.4 Å². The standard InChI is InChI=1S/C20H20N4O3/c1-13-9-10-16(11-19(13)24(26)27)21-20(25)12-18-14(2)22-23(15(18)3)17-7-5-4-6-8-17/h4-11H,12H2,1-3H3,(H,21,25). The number of para-hydroxylation sites is 1. The van der Waals surface area contributed by atoms with Crippen LogP contribution in [0.4, 0.5) is 11.4 Å². The molecule has 0 spiro atoms. The first-order valence-corrected chi connectivity index (χ1v) is 8.52. The number of nitrogens with zero attached hydrogens (tertiary/aromatic N) is 3. The molecular formula is C20H20N4O3. The van der Waals surface area contributed by atoms with Crippen molar-refractivity contribution in [3.05, 3.63) is 81.2 Å². The highest BCUT2D eigenvalue weighted by Gasteiger charge is 2.17. The van der Waals surface area contributed by atoms with Gasteiger partial charge in [0.2, 0.25) is 5.91 Å². The summed E-state index contributed by atoms with van der Waals surface area (Å²) < 4.78 is 1.81. The van der Waals surface area contributed by atoms with Gasteiger partial charge in [-0.2, -0.15) is 5.10 Å². The van der Waals surface area contributed by atoms with Gasteiger partial charge in [-0.25, -0.2) is 4.68 Å². The number of aryl methyl sites for hydroxylation is 2. The van der Waals surface area contributed by atoms with Crippen molar-refractivity contribution in [2.45, 2.75) is 27.2 Å². The number of rotatable bonds is 5. The molecule has 1 heterocycles. The van der Waals surface area contributed by atoms with E-state index < -0.39 is 4.92 Å². The lowest BCUT2D eigenvalue weighted by Crippen LogP contribution is -2.15. The van der Waals surface area contributed by atoms with Crippen LogP contribution in [0.2, 0.25) is 0 Å². The Bertz CT molecular complexity index is 1010. The Balaban J connectivity index is 1.80. The van der Waals surface area contributed by atoms with Crippen molar-refractivity contribution in [3.8, 4) is 5.69 Å². The van der Waals surface area contributed by atoms with Gasteiger partial charge in [-0.3, -0.25) is 14.9 Å². The first-order valence-electron chi connectivity index (χ1n) is 8.52. The number of anilines is 1. The van der Waals surface area contributed by atoms with Crippen molar-refractivity contribution in [1.29, 1.82) is 0 Å². The summed E-state index contributed by atoms with van der Waals surface area (Å²) in [5, 5.41) is 18.3. The second kappa shape index (κ2) is 7.41. The number of amides is 1. The molecule has 0 atom stereocenters. The van der Waals surface area contributed by atoms with Crippen LogP contribution in [0, 0.1) is 30.9 Å². The molecule has 0 aliphatic rings. The zero-order chi connectivity index (χ0) is 19.6. The maximum absolute atomic E-state index is 12.5. The first kappa shape index (κ1) is 18.3. The summed E-state index contributed by atoms with van der Waals surface area (Å²) in [7, 11) is 0. The lowest BCUT2D eigenvalue weighted by Gasteiger charge is -2.07. The van der Waals surface area contributed by atoms with Gasteiger partial charge in [0, 0.05) is 28.6 Å². The molecule has 7 nitrogen and oxygen atoms in total. The van der Waals surface area contributed by atoms with Crippen molar-refractivity contribution in [2.75, 3.05) is 5.32 Å². The highest BCUT2D eigenvalue weighted by Crippen LogP contribution is 2.23. The Kier molecular flexibility index (Phi) is 5.03. The van der Waals surface area contributed by atoms with Crippen LogP contribution in [0.15, 0.2) is 48.5 Å². The topological polar surface area (TPSA) is 90.1 Å². The number of benzene rings is 2. The molecule has 2 aromatic carbocycles. The highest BCUT2D eigenvalue weighted by atomic mass is 16.6. The lowest BCUT2D eigenvalue weighted by atomic mass is 10.1. The Hall–Kier alpha value is -3.48. The van der Waals surface area contributed by atoms with Crippen molar-refractivity contribution < 1.29 is 9.72 Å². The Labute approximate surface area is 156 Å². The molecule has 0 fully saturated rings. The minimum Gasteiger partial charge on any atom is -0.326 e. The monoisotopic (exact) mass is 364 g/mol. The van der Waals surface area contributed by atoms with E-state index in [1.165, 1.54) is 6.07 Å². The molecule has 0 bridgehead atoms. The predicted molar refractivity (Wildman–Crippen MR) is 103 cm³/mol. The van der Waals surface area contributed by atoms with Crippen LogP contribution in [0.5, 0.6) is 0 Å². The second-order valence-electron chi connectivity index (χ2n) is 6.38. The second-order valence-corrected chi connectivity index (χ2v) is 6.38. The summed E-state index contributed by atoms with van der Waals surface area (Å²) >= 11 is 0. The molecule has 3 rings (SSSR count). The molecule has 0 unspecified atom stereocenters. The molecular weight excluding hydrogens is 344 g/mol. The van der Waals surface area contributed by atoms with Crippen LogP contribution < -0.4 is 5.32 Å². The number of nitro benzene ring substituents is 1. The molecule has 0 aliphatic carbocycles. The number of carbonyl (C=O) groups is 1. The smallest absolute Gasteiger partial charge is 0.274 e. The van der Waals surface area contributed by atoms with Crippen LogP contribution in [0.1, 0.15) is 22.5 Å². The molecule has 0 saturated heterocycles. The average molecular weight is 364 g/mol. The van der Waals surface area contributed by atoms with Gasteiger partial charge in [-0.1, -0.05) is 24.3 Å². The third-order valence-corrected chi connectivity index (χ3v) is 4.47. The van der Waals surface area contributed by atoms with Crippen molar-refractivity contribution in [3.63, 3.8) is 0 Å². The van der Waals surface area contributed by atoms with E-state index in [-0.39, 0.29) is 18.0 Å². The normalized spacial score (nSPS) is 10.6. The molecule has 3 aromatic rings. The largest absolute Gasteiger partial charge is 0.326 e. The van der Waals surface area contributed by atoms with Crippen LogP contribution >= 0.6 is 0 Å². The van der Waals surface area contributed by atoms with Gasteiger partial charge in [-0.05, 0) is 39.0 Å². The summed E-state index contributed by atoms with van der Waals surface area (Å²) in [6.45, 7) is 5.45. The summed E-state index contributed by atoms with van der Waals surface area (Å²) in [5.41, 5.74) is 4.39. The van der Waals surface area contributed by atoms with E-state index in [1.54, 1.807) is 19.1 Å². The van der Waals surface area contributed by atoms with Gasteiger partial charge < -0.3 is 5.32 Å². The fraction of sp³-hybridized carbons (Fsp3) is 0.200. The highest BCUT2D eigenvalue weighted by molar-refractivity contribution is 5.93. The van der Waals surface area contributed by atoms with Crippen LogP contribution in [-0.2, 0) is 11.2 Å². The molecule has 1 aromatic heterocycles. The number of nitrogens with one attached hydrogen (secondary N) is 1. The van der Waals surface area contributed by atoms with Gasteiger partial charge in [0.1, 0.15) is 0 Å². The molecule has 0 saturated carbocycles. The third kappa shape index (κ3) is 3.87. The molecule has 0 aliphatic heterocycles. The summed E-state index contributed by atoms with van der Waals surface area (Å²) in [4.78, 5) is 23.1. The van der Waals surface area contributed by atoms with Crippen molar-refractivity contribution in [2.24, 2.45) is 0 Å². The molecule has 7 heteroatoms. The molecule has 1 amide bonds. The molecule has 138 valence electrons. The minimum absolute atomic E-state index is 0.0166. The number of hydrogen-bond donors (Lipinski definition) is 1. The van der Waals surface area contributed by atoms with Crippen LogP contribution in [0.3, 0.4) is 0 Å². The Morgan fingerprint density at radius 1 is 1.15 bits per heavy atom. The maximum atomic E-state index is 12.5. The van der Waals surface area contributed by atoms with Crippen molar-refractivity contribution in [1.82, 2.24) is 9.78 Å². The number of hydrogen-bond acceptors (Lipinski definition) is 4. The maximum Gasteiger partial charge on any atom is 0.274 e.